The molecule has 3 fully saturated rings. The second-order valence-electron chi connectivity index (χ2n) is 10.6. The Morgan fingerprint density at radius 2 is 1.92 bits per heavy atom. The molecule has 4 aliphatic carbocycles. The quantitative estimate of drug-likeness (QED) is 0.575. The maximum Gasteiger partial charge on any atom is 0.303 e. The van der Waals surface area contributed by atoms with Gasteiger partial charge in [-0.2, -0.15) is 0 Å². The number of carbonyl (C=O) groups is 1. The van der Waals surface area contributed by atoms with Gasteiger partial charge >= 0.3 is 5.97 Å². The number of aliphatic carboxylic acids is 1. The highest BCUT2D eigenvalue weighted by Crippen LogP contribution is 2.65. The van der Waals surface area contributed by atoms with Crippen LogP contribution in [-0.2, 0) is 4.79 Å². The Morgan fingerprint density at radius 1 is 1.12 bits per heavy atom. The summed E-state index contributed by atoms with van der Waals surface area (Å²) in [7, 11) is 0. The zero-order chi connectivity index (χ0) is 18.5. The van der Waals surface area contributed by atoms with Crippen LogP contribution in [-0.4, -0.2) is 11.1 Å². The van der Waals surface area contributed by atoms with Crippen LogP contribution in [0, 0.1) is 34.5 Å². The van der Waals surface area contributed by atoms with E-state index in [0.717, 1.165) is 18.3 Å². The summed E-state index contributed by atoms with van der Waals surface area (Å²) in [6.45, 7) is 7.49. The molecule has 0 saturated heterocycles. The molecule has 0 spiro atoms. The minimum atomic E-state index is -0.633. The molecule has 6 atom stereocenters. The first kappa shape index (κ1) is 18.6. The third-order valence-electron chi connectivity index (χ3n) is 9.48. The molecule has 0 aromatic carbocycles. The van der Waals surface area contributed by atoms with Gasteiger partial charge in [0.25, 0.3) is 0 Å². The minimum Gasteiger partial charge on any atom is -0.481 e. The largest absolute Gasteiger partial charge is 0.481 e. The van der Waals surface area contributed by atoms with Gasteiger partial charge in [-0.3, -0.25) is 4.79 Å². The van der Waals surface area contributed by atoms with Gasteiger partial charge in [0.05, 0.1) is 0 Å². The minimum absolute atomic E-state index is 0.335. The molecule has 3 saturated carbocycles. The van der Waals surface area contributed by atoms with E-state index >= 15 is 0 Å². The summed E-state index contributed by atoms with van der Waals surface area (Å²) in [5.41, 5.74) is 4.66. The molecular weight excluding hydrogens is 320 g/mol. The molecule has 0 bridgehead atoms. The highest BCUT2D eigenvalue weighted by atomic mass is 16.4. The zero-order valence-electron chi connectivity index (χ0n) is 17.2. The highest BCUT2D eigenvalue weighted by molar-refractivity contribution is 5.66. The van der Waals surface area contributed by atoms with E-state index in [1.807, 2.05) is 11.1 Å². The number of hydrogen-bond donors (Lipinski definition) is 1. The molecule has 1 N–H and O–H groups in total. The third-order valence-corrected chi connectivity index (χ3v) is 9.48. The van der Waals surface area contributed by atoms with Crippen molar-refractivity contribution in [1.82, 2.24) is 0 Å². The molecule has 0 aliphatic heterocycles. The number of carboxylic acid groups (broad SMARTS) is 1. The van der Waals surface area contributed by atoms with Gasteiger partial charge in [-0.25, -0.2) is 0 Å². The Balaban J connectivity index is 1.60. The van der Waals surface area contributed by atoms with Crippen LogP contribution in [0.4, 0.5) is 0 Å². The van der Waals surface area contributed by atoms with E-state index in [9.17, 15) is 4.79 Å². The van der Waals surface area contributed by atoms with Crippen LogP contribution in [0.15, 0.2) is 11.1 Å². The Bertz CT molecular complexity index is 605. The van der Waals surface area contributed by atoms with Gasteiger partial charge in [-0.05, 0) is 92.3 Å². The first-order valence-corrected chi connectivity index (χ1v) is 11.3. The van der Waals surface area contributed by atoms with Gasteiger partial charge in [-0.15, -0.1) is 0 Å². The second-order valence-corrected chi connectivity index (χ2v) is 10.6. The fourth-order valence-electron chi connectivity index (χ4n) is 8.03. The summed E-state index contributed by atoms with van der Waals surface area (Å²) >= 11 is 0. The maximum absolute atomic E-state index is 11.0. The summed E-state index contributed by atoms with van der Waals surface area (Å²) in [5, 5.41) is 9.09. The first-order valence-electron chi connectivity index (χ1n) is 11.3. The van der Waals surface area contributed by atoms with Crippen molar-refractivity contribution in [3.63, 3.8) is 0 Å². The van der Waals surface area contributed by atoms with Crippen LogP contribution in [0.5, 0.6) is 0 Å². The van der Waals surface area contributed by atoms with E-state index in [0.29, 0.717) is 29.1 Å². The molecule has 0 unspecified atom stereocenters. The molecule has 2 heteroatoms. The summed E-state index contributed by atoms with van der Waals surface area (Å²) in [6, 6.07) is 0. The predicted octanol–water partition coefficient (Wildman–Crippen LogP) is 6.60. The van der Waals surface area contributed by atoms with E-state index < -0.39 is 5.97 Å². The smallest absolute Gasteiger partial charge is 0.303 e. The lowest BCUT2D eigenvalue weighted by atomic mass is 9.49. The van der Waals surface area contributed by atoms with Crippen LogP contribution < -0.4 is 0 Å². The number of fused-ring (bicyclic) bond motifs is 4. The van der Waals surface area contributed by atoms with Crippen molar-refractivity contribution in [3.8, 4) is 0 Å². The fraction of sp³-hybridized carbons (Fsp3) is 0.875. The average Bonchev–Trinajstić information content (AvgIpc) is 2.96. The van der Waals surface area contributed by atoms with E-state index in [2.05, 4.69) is 20.8 Å². The van der Waals surface area contributed by atoms with Gasteiger partial charge in [0.2, 0.25) is 0 Å². The molecule has 0 aromatic rings. The lowest BCUT2D eigenvalue weighted by Crippen LogP contribution is -2.46. The number of allylic oxidation sites excluding steroid dienone is 2. The van der Waals surface area contributed by atoms with Crippen molar-refractivity contribution < 1.29 is 9.90 Å². The Labute approximate surface area is 159 Å². The van der Waals surface area contributed by atoms with Crippen molar-refractivity contribution in [1.29, 1.82) is 0 Å². The SMILES string of the molecule is C[C@H](CCC(=O)O)[C@H]1CCC2=C3CC[C@@H]4CCCC[C@]4(C)[C@H]3CC[C@@]21C. The van der Waals surface area contributed by atoms with Crippen molar-refractivity contribution in [3.05, 3.63) is 11.1 Å². The van der Waals surface area contributed by atoms with Gasteiger partial charge < -0.3 is 5.11 Å². The van der Waals surface area contributed by atoms with Gasteiger partial charge in [0, 0.05) is 6.42 Å². The van der Waals surface area contributed by atoms with Crippen LogP contribution >= 0.6 is 0 Å². The number of carboxylic acids is 1. The van der Waals surface area contributed by atoms with Crippen LogP contribution in [0.2, 0.25) is 0 Å². The molecule has 26 heavy (non-hydrogen) atoms. The predicted molar refractivity (Wildman–Crippen MR) is 106 cm³/mol. The second kappa shape index (κ2) is 6.67. The first-order chi connectivity index (χ1) is 12.4. The van der Waals surface area contributed by atoms with Crippen LogP contribution in [0.1, 0.15) is 97.8 Å². The molecule has 0 aromatic heterocycles. The van der Waals surface area contributed by atoms with E-state index in [1.165, 1.54) is 64.2 Å². The standard InChI is InChI=1S/C24H38O2/c1-16(7-12-22(25)26)19-10-11-20-18-9-8-17-6-4-5-14-23(17,2)21(18)13-15-24(19,20)3/h16-17,19,21H,4-15H2,1-3H3,(H,25,26)/t16-,17+,19-,21+,23+,24-/m1/s1. The van der Waals surface area contributed by atoms with Crippen molar-refractivity contribution in [2.24, 2.45) is 34.5 Å². The van der Waals surface area contributed by atoms with Gasteiger partial charge in [0.1, 0.15) is 0 Å². The monoisotopic (exact) mass is 358 g/mol. The van der Waals surface area contributed by atoms with E-state index in [4.69, 9.17) is 5.11 Å². The molecule has 2 nitrogen and oxygen atoms in total. The van der Waals surface area contributed by atoms with E-state index in [-0.39, 0.29) is 0 Å². The van der Waals surface area contributed by atoms with Gasteiger partial charge in [-0.1, -0.05) is 44.8 Å². The summed E-state index contributed by atoms with van der Waals surface area (Å²) in [4.78, 5) is 11.0. The molecule has 4 rings (SSSR count). The lowest BCUT2D eigenvalue weighted by Gasteiger charge is -2.56. The summed E-state index contributed by atoms with van der Waals surface area (Å²) in [5.74, 6) is 2.43. The number of rotatable bonds is 4. The molecule has 0 amide bonds. The highest BCUT2D eigenvalue weighted by Gasteiger charge is 2.54. The van der Waals surface area contributed by atoms with E-state index in [1.54, 1.807) is 0 Å². The average molecular weight is 359 g/mol. The van der Waals surface area contributed by atoms with Crippen molar-refractivity contribution in [2.75, 3.05) is 0 Å². The molecule has 0 heterocycles. The summed E-state index contributed by atoms with van der Waals surface area (Å²) < 4.78 is 0. The lowest BCUT2D eigenvalue weighted by molar-refractivity contribution is -0.137. The Hall–Kier alpha value is -0.790. The maximum atomic E-state index is 11.0. The Morgan fingerprint density at radius 3 is 2.69 bits per heavy atom. The third kappa shape index (κ3) is 2.78. The molecular formula is C24H38O2. The van der Waals surface area contributed by atoms with Crippen LogP contribution in [0.3, 0.4) is 0 Å². The fourth-order valence-corrected chi connectivity index (χ4v) is 8.03. The Kier molecular flexibility index (Phi) is 4.77. The summed E-state index contributed by atoms with van der Waals surface area (Å²) in [6.07, 6.45) is 15.1. The zero-order valence-corrected chi connectivity index (χ0v) is 17.2. The molecule has 4 aliphatic rings. The van der Waals surface area contributed by atoms with Crippen LogP contribution in [0.25, 0.3) is 0 Å². The topological polar surface area (TPSA) is 37.3 Å². The molecule has 0 radical (unpaired) electrons. The normalized spacial score (nSPS) is 43.4. The van der Waals surface area contributed by atoms with Gasteiger partial charge in [0.15, 0.2) is 0 Å². The van der Waals surface area contributed by atoms with Crippen molar-refractivity contribution in [2.45, 2.75) is 97.8 Å². The number of hydrogen-bond acceptors (Lipinski definition) is 1. The van der Waals surface area contributed by atoms with Crippen molar-refractivity contribution >= 4 is 5.97 Å². The molecule has 146 valence electrons.